The summed E-state index contributed by atoms with van der Waals surface area (Å²) in [5, 5.41) is 2.44. The number of carbonyl (C=O) groups excluding carboxylic acids is 1. The molecule has 0 bridgehead atoms. The first kappa shape index (κ1) is 17.9. The minimum absolute atomic E-state index is 0.0201. The van der Waals surface area contributed by atoms with Gasteiger partial charge in [-0.2, -0.15) is 4.31 Å². The number of nitrogens with zero attached hydrogens (tertiary/aromatic N) is 1. The third-order valence-electron chi connectivity index (χ3n) is 3.32. The van der Waals surface area contributed by atoms with Crippen molar-refractivity contribution < 1.29 is 27.1 Å². The lowest BCUT2D eigenvalue weighted by molar-refractivity contribution is 0.0722. The highest BCUT2D eigenvalue weighted by Gasteiger charge is 2.29. The van der Waals surface area contributed by atoms with Gasteiger partial charge in [-0.3, -0.25) is 4.79 Å². The monoisotopic (exact) mass is 346 g/mol. The van der Waals surface area contributed by atoms with Crippen molar-refractivity contribution in [2.75, 3.05) is 46.1 Å². The van der Waals surface area contributed by atoms with E-state index in [9.17, 15) is 13.2 Å². The van der Waals surface area contributed by atoms with Crippen LogP contribution in [0.5, 0.6) is 0 Å². The van der Waals surface area contributed by atoms with E-state index < -0.39 is 15.9 Å². The summed E-state index contributed by atoms with van der Waals surface area (Å²) in [5.74, 6) is -0.460. The maximum absolute atomic E-state index is 12.4. The summed E-state index contributed by atoms with van der Waals surface area (Å²) in [4.78, 5) is 11.9. The number of morpholine rings is 1. The molecule has 1 amide bonds. The number of ether oxygens (including phenoxy) is 2. The smallest absolute Gasteiger partial charge is 0.287 e. The molecule has 1 saturated heterocycles. The molecule has 0 atom stereocenters. The molecule has 9 heteroatoms. The van der Waals surface area contributed by atoms with Gasteiger partial charge < -0.3 is 19.2 Å². The molecule has 1 aromatic rings. The van der Waals surface area contributed by atoms with Crippen LogP contribution < -0.4 is 5.32 Å². The number of carbonyl (C=O) groups is 1. The van der Waals surface area contributed by atoms with Crippen LogP contribution in [0.2, 0.25) is 0 Å². The molecule has 0 radical (unpaired) electrons. The number of rotatable bonds is 8. The van der Waals surface area contributed by atoms with Crippen LogP contribution in [0.3, 0.4) is 0 Å². The number of hydrogen-bond donors (Lipinski definition) is 1. The standard InChI is InChI=1S/C14H22N2O6S/c1-2-20-9-3-6-15-14(17)12-4-5-13(22-12)23(18,19)16-7-10-21-11-8-16/h4-5H,2-3,6-11H2,1H3,(H,15,17). The Morgan fingerprint density at radius 3 is 2.78 bits per heavy atom. The summed E-state index contributed by atoms with van der Waals surface area (Å²) < 4.78 is 41.6. The van der Waals surface area contributed by atoms with Gasteiger partial charge in [0.2, 0.25) is 5.09 Å². The molecule has 1 aliphatic heterocycles. The second-order valence-corrected chi connectivity index (χ2v) is 6.81. The lowest BCUT2D eigenvalue weighted by Gasteiger charge is -2.24. The van der Waals surface area contributed by atoms with Crippen LogP contribution in [0.1, 0.15) is 23.9 Å². The Labute approximate surface area is 135 Å². The van der Waals surface area contributed by atoms with E-state index in [1.165, 1.54) is 16.4 Å². The first-order chi connectivity index (χ1) is 11.1. The average Bonchev–Trinajstić information content (AvgIpc) is 3.06. The maximum Gasteiger partial charge on any atom is 0.287 e. The highest BCUT2D eigenvalue weighted by molar-refractivity contribution is 7.89. The van der Waals surface area contributed by atoms with E-state index in [2.05, 4.69) is 5.32 Å². The van der Waals surface area contributed by atoms with E-state index >= 15 is 0 Å². The van der Waals surface area contributed by atoms with Gasteiger partial charge >= 0.3 is 0 Å². The van der Waals surface area contributed by atoms with E-state index in [1.807, 2.05) is 6.92 Å². The van der Waals surface area contributed by atoms with Crippen molar-refractivity contribution in [3.8, 4) is 0 Å². The van der Waals surface area contributed by atoms with E-state index in [1.54, 1.807) is 0 Å². The number of amides is 1. The maximum atomic E-state index is 12.4. The Morgan fingerprint density at radius 2 is 2.09 bits per heavy atom. The van der Waals surface area contributed by atoms with Gasteiger partial charge in [0, 0.05) is 32.8 Å². The van der Waals surface area contributed by atoms with Crippen molar-refractivity contribution in [2.45, 2.75) is 18.4 Å². The molecular formula is C14H22N2O6S. The third kappa shape index (κ3) is 4.77. The molecular weight excluding hydrogens is 324 g/mol. The minimum atomic E-state index is -3.72. The fourth-order valence-electron chi connectivity index (χ4n) is 2.10. The molecule has 1 fully saturated rings. The predicted octanol–water partition coefficient (Wildman–Crippen LogP) is 0.457. The van der Waals surface area contributed by atoms with Crippen molar-refractivity contribution in [3.05, 3.63) is 17.9 Å². The second-order valence-electron chi connectivity index (χ2n) is 4.94. The highest BCUT2D eigenvalue weighted by Crippen LogP contribution is 2.19. The van der Waals surface area contributed by atoms with Gasteiger partial charge in [-0.15, -0.1) is 0 Å². The van der Waals surface area contributed by atoms with E-state index in [0.717, 1.165) is 0 Å². The molecule has 1 aromatic heterocycles. The van der Waals surface area contributed by atoms with Crippen LogP contribution in [0.4, 0.5) is 0 Å². The van der Waals surface area contributed by atoms with Gasteiger partial charge in [-0.05, 0) is 25.5 Å². The molecule has 0 aromatic carbocycles. The first-order valence-electron chi connectivity index (χ1n) is 7.59. The van der Waals surface area contributed by atoms with Crippen LogP contribution in [0.15, 0.2) is 21.6 Å². The Morgan fingerprint density at radius 1 is 1.35 bits per heavy atom. The topological polar surface area (TPSA) is 98.1 Å². The summed E-state index contributed by atoms with van der Waals surface area (Å²) in [5.41, 5.74) is 0. The molecule has 2 rings (SSSR count). The summed E-state index contributed by atoms with van der Waals surface area (Å²) in [6.07, 6.45) is 0.680. The van der Waals surface area contributed by atoms with Crippen molar-refractivity contribution in [1.82, 2.24) is 9.62 Å². The average molecular weight is 346 g/mol. The summed E-state index contributed by atoms with van der Waals surface area (Å²) >= 11 is 0. The molecule has 23 heavy (non-hydrogen) atoms. The zero-order valence-electron chi connectivity index (χ0n) is 13.1. The van der Waals surface area contributed by atoms with Crippen LogP contribution in [0.25, 0.3) is 0 Å². The van der Waals surface area contributed by atoms with Crippen molar-refractivity contribution in [3.63, 3.8) is 0 Å². The lowest BCUT2D eigenvalue weighted by atomic mass is 10.4. The van der Waals surface area contributed by atoms with Gasteiger partial charge in [0.1, 0.15) is 0 Å². The molecule has 0 aliphatic carbocycles. The Balaban J connectivity index is 1.92. The van der Waals surface area contributed by atoms with Crippen LogP contribution >= 0.6 is 0 Å². The minimum Gasteiger partial charge on any atom is -0.438 e. The SMILES string of the molecule is CCOCCCNC(=O)c1ccc(S(=O)(=O)N2CCOCC2)o1. The zero-order valence-corrected chi connectivity index (χ0v) is 13.9. The normalized spacial score (nSPS) is 16.4. The van der Waals surface area contributed by atoms with Crippen molar-refractivity contribution >= 4 is 15.9 Å². The molecule has 2 heterocycles. The molecule has 1 aliphatic rings. The fourth-order valence-corrected chi connectivity index (χ4v) is 3.42. The van der Waals surface area contributed by atoms with Gasteiger partial charge in [0.25, 0.3) is 15.9 Å². The summed E-state index contributed by atoms with van der Waals surface area (Å²) in [6.45, 7) is 4.80. The highest BCUT2D eigenvalue weighted by atomic mass is 32.2. The first-order valence-corrected chi connectivity index (χ1v) is 9.03. The quantitative estimate of drug-likeness (QED) is 0.687. The van der Waals surface area contributed by atoms with E-state index in [0.29, 0.717) is 39.4 Å². The lowest BCUT2D eigenvalue weighted by Crippen LogP contribution is -2.40. The molecule has 0 unspecified atom stereocenters. The van der Waals surface area contributed by atoms with Gasteiger partial charge in [-0.25, -0.2) is 8.42 Å². The van der Waals surface area contributed by atoms with Crippen molar-refractivity contribution in [1.29, 1.82) is 0 Å². The van der Waals surface area contributed by atoms with E-state index in [-0.39, 0.29) is 23.9 Å². The summed E-state index contributed by atoms with van der Waals surface area (Å²) in [7, 11) is -3.72. The number of furan rings is 1. The largest absolute Gasteiger partial charge is 0.438 e. The molecule has 0 saturated carbocycles. The number of hydrogen-bond acceptors (Lipinski definition) is 6. The van der Waals surface area contributed by atoms with Crippen LogP contribution in [0, 0.1) is 0 Å². The van der Waals surface area contributed by atoms with Crippen LogP contribution in [-0.4, -0.2) is 64.7 Å². The van der Waals surface area contributed by atoms with Crippen molar-refractivity contribution in [2.24, 2.45) is 0 Å². The number of nitrogens with one attached hydrogen (secondary N) is 1. The van der Waals surface area contributed by atoms with Gasteiger partial charge in [-0.1, -0.05) is 0 Å². The Kier molecular flexibility index (Phi) is 6.58. The zero-order chi connectivity index (χ0) is 16.7. The molecule has 1 N–H and O–H groups in total. The van der Waals surface area contributed by atoms with Gasteiger partial charge in [0.05, 0.1) is 13.2 Å². The fraction of sp³-hybridized carbons (Fsp3) is 0.643. The van der Waals surface area contributed by atoms with Crippen LogP contribution in [-0.2, 0) is 19.5 Å². The molecule has 0 spiro atoms. The third-order valence-corrected chi connectivity index (χ3v) is 5.10. The predicted molar refractivity (Wildman–Crippen MR) is 81.7 cm³/mol. The van der Waals surface area contributed by atoms with Gasteiger partial charge in [0.15, 0.2) is 5.76 Å². The second kappa shape index (κ2) is 8.44. The number of sulfonamides is 1. The summed E-state index contributed by atoms with van der Waals surface area (Å²) in [6, 6.07) is 2.67. The Hall–Kier alpha value is -1.42. The molecule has 130 valence electrons. The molecule has 8 nitrogen and oxygen atoms in total. The Bertz CT molecular complexity index is 607. The van der Waals surface area contributed by atoms with E-state index in [4.69, 9.17) is 13.9 Å².